The number of anilines is 2. The molecule has 0 unspecified atom stereocenters. The Kier molecular flexibility index (Phi) is 15.6. The molecule has 0 radical (unpaired) electrons. The van der Waals surface area contributed by atoms with Crippen LogP contribution in [0.5, 0.6) is 0 Å². The predicted molar refractivity (Wildman–Crippen MR) is 257 cm³/mol. The average molecular weight is 959 g/mol. The molecule has 0 spiro atoms. The van der Waals surface area contributed by atoms with Crippen molar-refractivity contribution in [2.75, 3.05) is 37.0 Å². The van der Waals surface area contributed by atoms with Crippen molar-refractivity contribution in [3.05, 3.63) is 118 Å². The third kappa shape index (κ3) is 11.6. The van der Waals surface area contributed by atoms with Gasteiger partial charge in [-0.2, -0.15) is 4.58 Å². The standard InChI is InChI=1S/C50H61N3O10S3/c1-49(2)40-32-38(65(58,59)60)24-26-42(40)52(30-11-7-9-16-46(54)55)44(49)28-18-34-14-13-15-35(48(34)64-37-22-20-36(21-23-37)51(5)6)19-29-45-50(3,4)41-33-39(66(61,62)63)25-27-43(41)53(45)31-12-8-10-17-47(56)57/h18-29,32-33H,7-17,30-31H2,1-6H3,(H3-,54,55,56,57,58,59,60,61,62,63)/p-1. The predicted octanol–water partition coefficient (Wildman–Crippen LogP) is 9.62. The molecule has 3 aliphatic rings. The first-order valence-electron chi connectivity index (χ1n) is 22.3. The summed E-state index contributed by atoms with van der Waals surface area (Å²) in [5.41, 5.74) is 6.78. The van der Waals surface area contributed by atoms with Crippen LogP contribution in [0.25, 0.3) is 0 Å². The molecule has 0 aromatic heterocycles. The zero-order chi connectivity index (χ0) is 48.2. The molecule has 66 heavy (non-hydrogen) atoms. The fourth-order valence-electron chi connectivity index (χ4n) is 9.19. The van der Waals surface area contributed by atoms with Crippen LogP contribution in [0.2, 0.25) is 0 Å². The van der Waals surface area contributed by atoms with E-state index in [-0.39, 0.29) is 22.6 Å². The fourth-order valence-corrected chi connectivity index (χ4v) is 11.3. The number of carboxylic acids is 2. The van der Waals surface area contributed by atoms with Crippen LogP contribution in [0.4, 0.5) is 17.1 Å². The number of aliphatic carboxylic acids is 2. The number of fused-ring (bicyclic) bond motifs is 2. The Balaban J connectivity index is 1.46. The van der Waals surface area contributed by atoms with E-state index >= 15 is 0 Å². The second-order valence-corrected chi connectivity index (χ2v) is 22.2. The van der Waals surface area contributed by atoms with Gasteiger partial charge in [-0.1, -0.05) is 44.2 Å². The van der Waals surface area contributed by atoms with Crippen molar-refractivity contribution in [2.24, 2.45) is 0 Å². The highest BCUT2D eigenvalue weighted by Crippen LogP contribution is 2.50. The molecular formula is C50H60N3O10S3-. The van der Waals surface area contributed by atoms with Gasteiger partial charge >= 0.3 is 11.9 Å². The Bertz CT molecular complexity index is 2750. The number of hydrogen-bond donors (Lipinski definition) is 2. The first-order chi connectivity index (χ1) is 31.0. The summed E-state index contributed by atoms with van der Waals surface area (Å²) in [7, 11) is -5.44. The Morgan fingerprint density at radius 3 is 1.97 bits per heavy atom. The van der Waals surface area contributed by atoms with Crippen LogP contribution in [0.3, 0.4) is 0 Å². The molecule has 0 fully saturated rings. The van der Waals surface area contributed by atoms with Crippen LogP contribution in [-0.4, -0.2) is 85.6 Å². The largest absolute Gasteiger partial charge is 0.744 e. The number of nitrogens with zero attached hydrogens (tertiary/aromatic N) is 3. The van der Waals surface area contributed by atoms with E-state index in [0.717, 1.165) is 79.8 Å². The molecule has 0 atom stereocenters. The number of thioether (sulfide) groups is 1. The summed E-state index contributed by atoms with van der Waals surface area (Å²) in [4.78, 5) is 28.2. The second kappa shape index (κ2) is 20.5. The lowest BCUT2D eigenvalue weighted by atomic mass is 9.81. The number of carboxylic acid groups (broad SMARTS) is 2. The van der Waals surface area contributed by atoms with Gasteiger partial charge < -0.3 is 29.1 Å². The number of rotatable bonds is 20. The van der Waals surface area contributed by atoms with Crippen LogP contribution < -0.4 is 9.80 Å². The zero-order valence-electron chi connectivity index (χ0n) is 38.5. The van der Waals surface area contributed by atoms with Gasteiger partial charge in [0.25, 0.3) is 0 Å². The number of benzene rings is 3. The average Bonchev–Trinajstić information content (AvgIpc) is 3.58. The van der Waals surface area contributed by atoms with Crippen LogP contribution in [0.1, 0.15) is 109 Å². The lowest BCUT2D eigenvalue weighted by Gasteiger charge is -2.27. The Morgan fingerprint density at radius 1 is 0.758 bits per heavy atom. The molecule has 2 aliphatic heterocycles. The van der Waals surface area contributed by atoms with Crippen molar-refractivity contribution in [2.45, 2.75) is 124 Å². The monoisotopic (exact) mass is 958 g/mol. The van der Waals surface area contributed by atoms with E-state index in [1.807, 2.05) is 46.7 Å². The second-order valence-electron chi connectivity index (χ2n) is 18.4. The number of unbranched alkanes of at least 4 members (excludes halogenated alkanes) is 4. The minimum absolute atomic E-state index is 0.0754. The highest BCUT2D eigenvalue weighted by atomic mass is 32.2. The van der Waals surface area contributed by atoms with E-state index in [4.69, 9.17) is 0 Å². The first kappa shape index (κ1) is 50.4. The number of hydrogen-bond acceptors (Lipinski definition) is 11. The lowest BCUT2D eigenvalue weighted by Crippen LogP contribution is -2.28. The highest BCUT2D eigenvalue weighted by molar-refractivity contribution is 8.03. The van der Waals surface area contributed by atoms with E-state index in [1.54, 1.807) is 23.9 Å². The normalized spacial score (nSPS) is 18.2. The van der Waals surface area contributed by atoms with Gasteiger partial charge in [0.05, 0.1) is 15.2 Å². The smallest absolute Gasteiger partial charge is 0.303 e. The van der Waals surface area contributed by atoms with Gasteiger partial charge in [0, 0.05) is 89.9 Å². The van der Waals surface area contributed by atoms with Gasteiger partial charge in [0.15, 0.2) is 5.71 Å². The molecule has 0 saturated heterocycles. The maximum atomic E-state index is 12.2. The molecule has 0 amide bonds. The molecular weight excluding hydrogens is 899 g/mol. The quantitative estimate of drug-likeness (QED) is 0.0617. The third-order valence-electron chi connectivity index (χ3n) is 12.8. The molecule has 354 valence electrons. The van der Waals surface area contributed by atoms with E-state index in [0.29, 0.717) is 51.6 Å². The Morgan fingerprint density at radius 2 is 1.36 bits per heavy atom. The minimum Gasteiger partial charge on any atom is -0.744 e. The molecule has 6 rings (SSSR count). The molecule has 16 heteroatoms. The first-order valence-corrected chi connectivity index (χ1v) is 26.0. The summed E-state index contributed by atoms with van der Waals surface area (Å²) in [6.07, 6.45) is 14.9. The van der Waals surface area contributed by atoms with E-state index in [1.165, 1.54) is 24.3 Å². The van der Waals surface area contributed by atoms with Crippen molar-refractivity contribution in [3.63, 3.8) is 0 Å². The van der Waals surface area contributed by atoms with Crippen molar-refractivity contribution in [3.8, 4) is 0 Å². The van der Waals surface area contributed by atoms with Gasteiger partial charge in [-0.05, 0) is 136 Å². The summed E-state index contributed by atoms with van der Waals surface area (Å²) in [6, 6.07) is 17.4. The van der Waals surface area contributed by atoms with Gasteiger partial charge in [-0.3, -0.25) is 9.59 Å². The van der Waals surface area contributed by atoms with Gasteiger partial charge in [0.2, 0.25) is 5.69 Å². The summed E-state index contributed by atoms with van der Waals surface area (Å²) in [6.45, 7) is 9.18. The molecule has 2 heterocycles. The molecule has 2 N–H and O–H groups in total. The Hall–Kier alpha value is -5.00. The van der Waals surface area contributed by atoms with Crippen LogP contribution in [0.15, 0.2) is 121 Å². The molecule has 13 nitrogen and oxygen atoms in total. The summed E-state index contributed by atoms with van der Waals surface area (Å²) in [5.74, 6) is -1.69. The topological polar surface area (TPSA) is 198 Å². The van der Waals surface area contributed by atoms with E-state index < -0.39 is 43.0 Å². The molecule has 0 bridgehead atoms. The summed E-state index contributed by atoms with van der Waals surface area (Å²) in [5, 5.41) is 18.4. The van der Waals surface area contributed by atoms with Crippen molar-refractivity contribution < 1.29 is 50.3 Å². The third-order valence-corrected chi connectivity index (χ3v) is 15.7. The lowest BCUT2D eigenvalue weighted by molar-refractivity contribution is -0.438. The van der Waals surface area contributed by atoms with Crippen LogP contribution in [0, 0.1) is 0 Å². The maximum Gasteiger partial charge on any atom is 0.303 e. The summed E-state index contributed by atoms with van der Waals surface area (Å²) >= 11 is 1.67. The molecule has 0 saturated carbocycles. The van der Waals surface area contributed by atoms with Crippen molar-refractivity contribution >= 4 is 66.7 Å². The van der Waals surface area contributed by atoms with Crippen LogP contribution in [-0.2, 0) is 40.7 Å². The van der Waals surface area contributed by atoms with Crippen molar-refractivity contribution in [1.82, 2.24) is 0 Å². The zero-order valence-corrected chi connectivity index (χ0v) is 41.0. The highest BCUT2D eigenvalue weighted by Gasteiger charge is 2.45. The SMILES string of the molecule is CN(C)c1ccc(SC2=C(/C=C/C3=[N+](CCCCCC(=O)O)c4ccc(S(=O)(=O)[O-])cc4C3(C)C)CCC/C2=C\C=C2\N(CCCCCC(=O)O)c3ccc(S(=O)(=O)[O-])cc3C2(C)C)cc1. The number of carbonyl (C=O) groups is 2. The molecule has 1 aliphatic carbocycles. The van der Waals surface area contributed by atoms with Gasteiger partial charge in [0.1, 0.15) is 26.8 Å². The Labute approximate surface area is 393 Å². The molecule has 3 aromatic carbocycles. The van der Waals surface area contributed by atoms with Crippen LogP contribution >= 0.6 is 11.8 Å². The van der Waals surface area contributed by atoms with Gasteiger partial charge in [-0.25, -0.2) is 16.8 Å². The van der Waals surface area contributed by atoms with E-state index in [2.05, 4.69) is 58.0 Å². The fraction of sp³-hybridized carbons (Fsp3) is 0.420. The minimum atomic E-state index is -4.71. The van der Waals surface area contributed by atoms with E-state index in [9.17, 15) is 45.7 Å². The summed E-state index contributed by atoms with van der Waals surface area (Å²) < 4.78 is 75.3. The van der Waals surface area contributed by atoms with Gasteiger partial charge in [-0.15, -0.1) is 0 Å². The maximum absolute atomic E-state index is 12.2. The molecule has 3 aromatic rings. The number of allylic oxidation sites excluding steroid dienone is 7. The van der Waals surface area contributed by atoms with Crippen molar-refractivity contribution in [1.29, 1.82) is 0 Å².